The lowest BCUT2D eigenvalue weighted by atomic mass is 10.0. The van der Waals surface area contributed by atoms with Gasteiger partial charge in [-0.3, -0.25) is 0 Å². The van der Waals surface area contributed by atoms with E-state index >= 15 is 0 Å². The van der Waals surface area contributed by atoms with Crippen LogP contribution in [0.5, 0.6) is 0 Å². The van der Waals surface area contributed by atoms with Gasteiger partial charge in [0.1, 0.15) is 5.01 Å². The second kappa shape index (κ2) is 12.6. The minimum Gasteiger partial charge on any atom is -0.396 e. The van der Waals surface area contributed by atoms with Crippen molar-refractivity contribution in [2.24, 2.45) is 4.99 Å². The molecule has 3 aromatic rings. The Morgan fingerprint density at radius 3 is 2.41 bits per heavy atom. The molecule has 0 bridgehead atoms. The zero-order valence-electron chi connectivity index (χ0n) is 16.4. The number of aromatic nitrogens is 1. The normalized spacial score (nSPS) is 12.1. The predicted molar refractivity (Wildman–Crippen MR) is 132 cm³/mol. The minimum atomic E-state index is 0. The highest BCUT2D eigenvalue weighted by molar-refractivity contribution is 14.0. The van der Waals surface area contributed by atoms with E-state index in [1.54, 1.807) is 11.3 Å². The van der Waals surface area contributed by atoms with Crippen LogP contribution in [0.2, 0.25) is 0 Å². The van der Waals surface area contributed by atoms with Gasteiger partial charge in [0.25, 0.3) is 0 Å². The van der Waals surface area contributed by atoms with Crippen molar-refractivity contribution in [1.29, 1.82) is 0 Å². The number of aliphatic hydroxyl groups is 1. The van der Waals surface area contributed by atoms with Crippen molar-refractivity contribution in [1.82, 2.24) is 15.6 Å². The van der Waals surface area contributed by atoms with Gasteiger partial charge < -0.3 is 15.7 Å². The SMILES string of the molecule is CCNC(=NCc1csc(-c2ccccc2)n1)NCC(CO)c1ccccc1.I. The van der Waals surface area contributed by atoms with Crippen molar-refractivity contribution in [3.63, 3.8) is 0 Å². The molecule has 29 heavy (non-hydrogen) atoms. The molecule has 1 heterocycles. The zero-order chi connectivity index (χ0) is 19.6. The quantitative estimate of drug-likeness (QED) is 0.235. The Bertz CT molecular complexity index is 871. The largest absolute Gasteiger partial charge is 0.396 e. The molecule has 3 rings (SSSR count). The van der Waals surface area contributed by atoms with E-state index in [0.29, 0.717) is 13.1 Å². The number of rotatable bonds is 8. The molecular weight excluding hydrogens is 495 g/mol. The summed E-state index contributed by atoms with van der Waals surface area (Å²) in [5.74, 6) is 0.750. The lowest BCUT2D eigenvalue weighted by molar-refractivity contribution is 0.265. The molecule has 0 saturated heterocycles. The Morgan fingerprint density at radius 1 is 1.07 bits per heavy atom. The smallest absolute Gasteiger partial charge is 0.191 e. The second-order valence-corrected chi connectivity index (χ2v) is 7.23. The maximum atomic E-state index is 9.73. The molecule has 1 unspecified atom stereocenters. The fraction of sp³-hybridized carbons (Fsp3) is 0.273. The van der Waals surface area contributed by atoms with E-state index in [2.05, 4.69) is 38.1 Å². The summed E-state index contributed by atoms with van der Waals surface area (Å²) in [6.45, 7) is 4.01. The fourth-order valence-corrected chi connectivity index (χ4v) is 3.64. The molecule has 0 aliphatic carbocycles. The van der Waals surface area contributed by atoms with Crippen molar-refractivity contribution >= 4 is 41.3 Å². The van der Waals surface area contributed by atoms with Crippen LogP contribution in [-0.2, 0) is 6.54 Å². The maximum Gasteiger partial charge on any atom is 0.191 e. The highest BCUT2D eigenvalue weighted by Gasteiger charge is 2.11. The molecule has 0 aliphatic rings. The van der Waals surface area contributed by atoms with Gasteiger partial charge in [-0.25, -0.2) is 9.98 Å². The van der Waals surface area contributed by atoms with Crippen molar-refractivity contribution in [3.8, 4) is 10.6 Å². The first-order valence-electron chi connectivity index (χ1n) is 9.48. The molecule has 1 aromatic heterocycles. The lowest BCUT2D eigenvalue weighted by Gasteiger charge is -2.18. The summed E-state index contributed by atoms with van der Waals surface area (Å²) in [7, 11) is 0. The average Bonchev–Trinajstić information content (AvgIpc) is 3.23. The Morgan fingerprint density at radius 2 is 1.76 bits per heavy atom. The van der Waals surface area contributed by atoms with Crippen LogP contribution >= 0.6 is 35.3 Å². The first kappa shape index (κ1) is 23.3. The molecule has 0 fully saturated rings. The lowest BCUT2D eigenvalue weighted by Crippen LogP contribution is -2.39. The van der Waals surface area contributed by atoms with Crippen molar-refractivity contribution < 1.29 is 5.11 Å². The minimum absolute atomic E-state index is 0. The number of guanidine groups is 1. The van der Waals surface area contributed by atoms with E-state index < -0.39 is 0 Å². The maximum absolute atomic E-state index is 9.73. The first-order valence-corrected chi connectivity index (χ1v) is 10.4. The summed E-state index contributed by atoms with van der Waals surface area (Å²) < 4.78 is 0. The van der Waals surface area contributed by atoms with Gasteiger partial charge in [0.2, 0.25) is 0 Å². The van der Waals surface area contributed by atoms with E-state index in [1.807, 2.05) is 55.5 Å². The summed E-state index contributed by atoms with van der Waals surface area (Å²) >= 11 is 1.63. The Balaban J connectivity index is 0.00000300. The van der Waals surface area contributed by atoms with Gasteiger partial charge >= 0.3 is 0 Å². The molecule has 0 amide bonds. The Hall–Kier alpha value is -1.97. The number of benzene rings is 2. The van der Waals surface area contributed by atoms with Gasteiger partial charge in [-0.2, -0.15) is 0 Å². The topological polar surface area (TPSA) is 69.5 Å². The molecule has 7 heteroatoms. The molecule has 0 radical (unpaired) electrons. The molecule has 1 atom stereocenters. The summed E-state index contributed by atoms with van der Waals surface area (Å²) in [6, 6.07) is 20.2. The monoisotopic (exact) mass is 522 g/mol. The van der Waals surface area contributed by atoms with E-state index in [1.165, 1.54) is 0 Å². The molecule has 154 valence electrons. The Kier molecular flexibility index (Phi) is 10.1. The van der Waals surface area contributed by atoms with E-state index in [0.717, 1.165) is 34.3 Å². The number of hydrogen-bond acceptors (Lipinski definition) is 4. The summed E-state index contributed by atoms with van der Waals surface area (Å²) in [4.78, 5) is 9.34. The first-order chi connectivity index (χ1) is 13.8. The highest BCUT2D eigenvalue weighted by atomic mass is 127. The predicted octanol–water partition coefficient (Wildman–Crippen LogP) is 4.26. The fourth-order valence-electron chi connectivity index (χ4n) is 2.83. The standard InChI is InChI=1S/C22H26N4OS.HI/c1-2-23-22(24-13-19(15-27)17-9-5-3-6-10-17)25-14-20-16-28-21(26-20)18-11-7-4-8-12-18;/h3-12,16,19,27H,2,13-15H2,1H3,(H2,23,24,25);1H. The van der Waals surface area contributed by atoms with Gasteiger partial charge in [0.05, 0.1) is 18.8 Å². The van der Waals surface area contributed by atoms with Crippen LogP contribution in [0.1, 0.15) is 24.1 Å². The van der Waals surface area contributed by atoms with Crippen LogP contribution in [0.15, 0.2) is 71.0 Å². The van der Waals surface area contributed by atoms with Gasteiger partial charge in [-0.05, 0) is 12.5 Å². The number of nitrogens with zero attached hydrogens (tertiary/aromatic N) is 2. The molecule has 0 aliphatic heterocycles. The van der Waals surface area contributed by atoms with Crippen molar-refractivity contribution in [2.45, 2.75) is 19.4 Å². The van der Waals surface area contributed by atoms with Gasteiger partial charge in [-0.1, -0.05) is 60.7 Å². The van der Waals surface area contributed by atoms with E-state index in [-0.39, 0.29) is 36.5 Å². The summed E-state index contributed by atoms with van der Waals surface area (Å²) in [6.07, 6.45) is 0. The number of aliphatic hydroxyl groups excluding tert-OH is 1. The van der Waals surface area contributed by atoms with Gasteiger partial charge in [-0.15, -0.1) is 35.3 Å². The number of nitrogens with one attached hydrogen (secondary N) is 2. The third-order valence-electron chi connectivity index (χ3n) is 4.32. The van der Waals surface area contributed by atoms with Crippen LogP contribution < -0.4 is 10.6 Å². The highest BCUT2D eigenvalue weighted by Crippen LogP contribution is 2.23. The molecule has 5 nitrogen and oxygen atoms in total. The number of thiazole rings is 1. The third kappa shape index (κ3) is 7.09. The molecule has 2 aromatic carbocycles. The average molecular weight is 522 g/mol. The summed E-state index contributed by atoms with van der Waals surface area (Å²) in [5.41, 5.74) is 3.18. The van der Waals surface area contributed by atoms with Crippen LogP contribution in [0.4, 0.5) is 0 Å². The second-order valence-electron chi connectivity index (χ2n) is 6.38. The molecular formula is C22H27IN4OS. The molecule has 3 N–H and O–H groups in total. The van der Waals surface area contributed by atoms with Crippen LogP contribution in [-0.4, -0.2) is 35.7 Å². The van der Waals surface area contributed by atoms with Gasteiger partial charge in [0, 0.05) is 30.0 Å². The van der Waals surface area contributed by atoms with Crippen molar-refractivity contribution in [3.05, 3.63) is 77.3 Å². The number of hydrogen-bond donors (Lipinski definition) is 3. The van der Waals surface area contributed by atoms with Crippen molar-refractivity contribution in [2.75, 3.05) is 19.7 Å². The van der Waals surface area contributed by atoms with Gasteiger partial charge in [0.15, 0.2) is 5.96 Å². The van der Waals surface area contributed by atoms with E-state index in [4.69, 9.17) is 0 Å². The van der Waals surface area contributed by atoms with Crippen LogP contribution in [0.25, 0.3) is 10.6 Å². The third-order valence-corrected chi connectivity index (χ3v) is 5.26. The van der Waals surface area contributed by atoms with Crippen LogP contribution in [0.3, 0.4) is 0 Å². The number of aliphatic imine (C=N–C) groups is 1. The molecule has 0 spiro atoms. The van der Waals surface area contributed by atoms with Crippen LogP contribution in [0, 0.1) is 0 Å². The summed E-state index contributed by atoms with van der Waals surface area (Å²) in [5, 5.41) is 19.4. The molecule has 0 saturated carbocycles. The number of halogens is 1. The zero-order valence-corrected chi connectivity index (χ0v) is 19.6. The van der Waals surface area contributed by atoms with E-state index in [9.17, 15) is 5.11 Å². The Labute approximate surface area is 193 Å².